The van der Waals surface area contributed by atoms with Crippen LogP contribution in [0.15, 0.2) is 54.6 Å². The average Bonchev–Trinajstić information content (AvgIpc) is 3.12. The van der Waals surface area contributed by atoms with Gasteiger partial charge in [0.1, 0.15) is 5.72 Å². The highest BCUT2D eigenvalue weighted by Gasteiger charge is 2.54. The number of benzene rings is 2. The molecule has 1 spiro atoms. The number of carbonyl (C=O) groups excluding carboxylic acids is 1. The van der Waals surface area contributed by atoms with Crippen LogP contribution in [-0.2, 0) is 9.53 Å². The number of rotatable bonds is 3. The lowest BCUT2D eigenvalue weighted by atomic mass is 9.70. The molecule has 164 valence electrons. The van der Waals surface area contributed by atoms with Crippen molar-refractivity contribution in [2.45, 2.75) is 58.2 Å². The summed E-state index contributed by atoms with van der Waals surface area (Å²) in [6.45, 7) is 6.76. The van der Waals surface area contributed by atoms with Crippen LogP contribution in [0.1, 0.15) is 56.8 Å². The second-order valence-corrected chi connectivity index (χ2v) is 9.87. The van der Waals surface area contributed by atoms with Gasteiger partial charge in [0.15, 0.2) is 6.04 Å². The number of hydrogen-bond donors (Lipinski definition) is 1. The summed E-state index contributed by atoms with van der Waals surface area (Å²) in [6, 6.07) is 16.4. The number of nitrogens with zero attached hydrogens (tertiary/aromatic N) is 1. The first-order valence-electron chi connectivity index (χ1n) is 11.1. The Morgan fingerprint density at radius 3 is 2.10 bits per heavy atom. The van der Waals surface area contributed by atoms with E-state index in [0.29, 0.717) is 24.3 Å². The fourth-order valence-electron chi connectivity index (χ4n) is 5.07. The molecule has 2 aromatic carbocycles. The monoisotopic (exact) mass is 421 g/mol. The number of carboxylic acids is 1. The van der Waals surface area contributed by atoms with Gasteiger partial charge in [-0.1, -0.05) is 63.2 Å². The second-order valence-electron chi connectivity index (χ2n) is 9.87. The first kappa shape index (κ1) is 21.6. The molecule has 0 aromatic heterocycles. The Labute approximate surface area is 184 Å². The Kier molecular flexibility index (Phi) is 5.65. The van der Waals surface area contributed by atoms with E-state index in [1.807, 2.05) is 42.5 Å². The molecule has 1 heterocycles. The van der Waals surface area contributed by atoms with E-state index in [-0.39, 0.29) is 17.9 Å². The van der Waals surface area contributed by atoms with Crippen molar-refractivity contribution in [3.8, 4) is 11.1 Å². The van der Waals surface area contributed by atoms with Crippen LogP contribution in [0, 0.1) is 11.3 Å². The molecule has 5 nitrogen and oxygen atoms in total. The predicted octanol–water partition coefficient (Wildman–Crippen LogP) is 5.21. The molecule has 0 radical (unpaired) electrons. The maximum Gasteiger partial charge on any atom is 0.328 e. The van der Waals surface area contributed by atoms with Crippen LogP contribution in [-0.4, -0.2) is 40.3 Å². The van der Waals surface area contributed by atoms with Gasteiger partial charge < -0.3 is 9.84 Å². The van der Waals surface area contributed by atoms with Crippen molar-refractivity contribution >= 4 is 11.9 Å². The molecule has 1 aliphatic carbocycles. The summed E-state index contributed by atoms with van der Waals surface area (Å²) in [5.41, 5.74) is 1.96. The molecule has 4 rings (SSSR count). The number of ether oxygens (including phenoxy) is 1. The van der Waals surface area contributed by atoms with Gasteiger partial charge in [-0.3, -0.25) is 9.69 Å². The van der Waals surface area contributed by atoms with Gasteiger partial charge in [-0.05, 0) is 60.3 Å². The first-order valence-corrected chi connectivity index (χ1v) is 11.1. The third-order valence-corrected chi connectivity index (χ3v) is 7.00. The zero-order chi connectivity index (χ0) is 22.2. The van der Waals surface area contributed by atoms with E-state index in [2.05, 4.69) is 20.8 Å². The van der Waals surface area contributed by atoms with Gasteiger partial charge in [0.2, 0.25) is 0 Å². The number of aliphatic carboxylic acids is 1. The quantitative estimate of drug-likeness (QED) is 0.739. The highest BCUT2D eigenvalue weighted by atomic mass is 16.5. The van der Waals surface area contributed by atoms with Crippen molar-refractivity contribution in [1.82, 2.24) is 4.90 Å². The van der Waals surface area contributed by atoms with Crippen molar-refractivity contribution in [1.29, 1.82) is 0 Å². The molecule has 1 saturated carbocycles. The summed E-state index contributed by atoms with van der Waals surface area (Å²) < 4.78 is 6.09. The summed E-state index contributed by atoms with van der Waals surface area (Å²) in [7, 11) is 0. The topological polar surface area (TPSA) is 66.8 Å². The van der Waals surface area contributed by atoms with Crippen LogP contribution in [0.2, 0.25) is 0 Å². The van der Waals surface area contributed by atoms with Crippen molar-refractivity contribution in [2.75, 3.05) is 6.61 Å². The van der Waals surface area contributed by atoms with Crippen LogP contribution in [0.3, 0.4) is 0 Å². The van der Waals surface area contributed by atoms with Gasteiger partial charge in [-0.15, -0.1) is 0 Å². The van der Waals surface area contributed by atoms with Crippen molar-refractivity contribution in [3.05, 3.63) is 60.2 Å². The molecule has 1 aliphatic heterocycles. The largest absolute Gasteiger partial charge is 0.480 e. The van der Waals surface area contributed by atoms with E-state index in [0.717, 1.165) is 24.0 Å². The molecule has 0 bridgehead atoms. The van der Waals surface area contributed by atoms with Gasteiger partial charge in [0.25, 0.3) is 5.91 Å². The summed E-state index contributed by atoms with van der Waals surface area (Å²) in [5.74, 6) is -0.740. The van der Waals surface area contributed by atoms with Crippen LogP contribution in [0.5, 0.6) is 0 Å². The summed E-state index contributed by atoms with van der Waals surface area (Å²) >= 11 is 0. The Bertz CT molecular complexity index is 938. The molecular formula is C26H31NO4. The number of hydrogen-bond acceptors (Lipinski definition) is 3. The lowest BCUT2D eigenvalue weighted by Crippen LogP contribution is -2.55. The Morgan fingerprint density at radius 1 is 0.968 bits per heavy atom. The van der Waals surface area contributed by atoms with Crippen LogP contribution < -0.4 is 0 Å². The van der Waals surface area contributed by atoms with Crippen molar-refractivity contribution in [2.24, 2.45) is 11.3 Å². The van der Waals surface area contributed by atoms with E-state index in [9.17, 15) is 14.7 Å². The minimum Gasteiger partial charge on any atom is -0.480 e. The van der Waals surface area contributed by atoms with Crippen molar-refractivity contribution < 1.29 is 19.4 Å². The van der Waals surface area contributed by atoms with Gasteiger partial charge in [0.05, 0.1) is 6.61 Å². The summed E-state index contributed by atoms with van der Waals surface area (Å²) in [4.78, 5) is 27.0. The summed E-state index contributed by atoms with van der Waals surface area (Å²) in [5, 5.41) is 9.79. The maximum absolute atomic E-state index is 13.5. The Balaban J connectivity index is 1.60. The minimum absolute atomic E-state index is 0.0450. The molecule has 31 heavy (non-hydrogen) atoms. The zero-order valence-electron chi connectivity index (χ0n) is 18.5. The predicted molar refractivity (Wildman–Crippen MR) is 120 cm³/mol. The highest BCUT2D eigenvalue weighted by Crippen LogP contribution is 2.47. The molecule has 1 saturated heterocycles. The van der Waals surface area contributed by atoms with E-state index in [1.165, 1.54) is 4.90 Å². The van der Waals surface area contributed by atoms with E-state index in [1.54, 1.807) is 12.1 Å². The van der Waals surface area contributed by atoms with Gasteiger partial charge >= 0.3 is 5.97 Å². The molecule has 2 aliphatic rings. The van der Waals surface area contributed by atoms with Gasteiger partial charge in [-0.2, -0.15) is 0 Å². The van der Waals surface area contributed by atoms with E-state index in [4.69, 9.17) is 4.74 Å². The summed E-state index contributed by atoms with van der Waals surface area (Å²) in [6.07, 6.45) is 3.19. The molecule has 2 fully saturated rings. The molecule has 1 atom stereocenters. The molecular weight excluding hydrogens is 390 g/mol. The first-order chi connectivity index (χ1) is 14.7. The molecule has 1 amide bonds. The highest BCUT2D eigenvalue weighted by molar-refractivity contribution is 5.97. The number of carboxylic acid groups (broad SMARTS) is 1. The Morgan fingerprint density at radius 2 is 1.55 bits per heavy atom. The van der Waals surface area contributed by atoms with Crippen LogP contribution in [0.4, 0.5) is 0 Å². The van der Waals surface area contributed by atoms with Crippen molar-refractivity contribution in [3.63, 3.8) is 0 Å². The molecule has 1 N–H and O–H groups in total. The van der Waals surface area contributed by atoms with E-state index < -0.39 is 17.7 Å². The maximum atomic E-state index is 13.5. The number of amides is 1. The molecule has 2 aromatic rings. The SMILES string of the molecule is CC(C)(C)C1CCC2(CC1)OCC(C(=O)O)N2C(=O)c1ccc(-c2ccccc2)cc1. The van der Waals surface area contributed by atoms with Crippen LogP contribution >= 0.6 is 0 Å². The molecule has 5 heteroatoms. The minimum atomic E-state index is -1.01. The van der Waals surface area contributed by atoms with E-state index >= 15 is 0 Å². The zero-order valence-corrected chi connectivity index (χ0v) is 18.5. The lowest BCUT2D eigenvalue weighted by Gasteiger charge is -2.46. The third-order valence-electron chi connectivity index (χ3n) is 7.00. The molecule has 1 unspecified atom stereocenters. The van der Waals surface area contributed by atoms with Gasteiger partial charge in [0, 0.05) is 5.56 Å². The fraction of sp³-hybridized carbons (Fsp3) is 0.462. The second kappa shape index (κ2) is 8.12. The van der Waals surface area contributed by atoms with Gasteiger partial charge in [-0.25, -0.2) is 4.79 Å². The number of carbonyl (C=O) groups is 2. The lowest BCUT2D eigenvalue weighted by molar-refractivity contribution is -0.144. The Hall–Kier alpha value is -2.66. The van der Waals surface area contributed by atoms with Crippen LogP contribution in [0.25, 0.3) is 11.1 Å². The third kappa shape index (κ3) is 4.11. The fourth-order valence-corrected chi connectivity index (χ4v) is 5.07. The normalized spacial score (nSPS) is 26.2. The standard InChI is InChI=1S/C26H31NO4/c1-25(2,3)21-13-15-26(16-14-21)27(22(17-31-26)24(29)30)23(28)20-11-9-19(10-12-20)18-7-5-4-6-8-18/h4-12,21-22H,13-17H2,1-3H3,(H,29,30). The smallest absolute Gasteiger partial charge is 0.328 e. The average molecular weight is 422 g/mol.